The number of aryl methyl sites for hydroxylation is 1. The summed E-state index contributed by atoms with van der Waals surface area (Å²) >= 11 is 0. The van der Waals surface area contributed by atoms with Gasteiger partial charge >= 0.3 is 0 Å². The van der Waals surface area contributed by atoms with Gasteiger partial charge in [-0.1, -0.05) is 44.2 Å². The number of anilines is 1. The topological polar surface area (TPSA) is 90.6 Å². The Balaban J connectivity index is 1.56. The van der Waals surface area contributed by atoms with Gasteiger partial charge in [-0.05, 0) is 38.4 Å². The lowest BCUT2D eigenvalue weighted by atomic mass is 10.0. The Morgan fingerprint density at radius 2 is 1.91 bits per heavy atom. The van der Waals surface area contributed by atoms with Crippen molar-refractivity contribution >= 4 is 11.9 Å². The molecular weight excluding hydrogens is 418 g/mol. The molecule has 8 nitrogen and oxygen atoms in total. The van der Waals surface area contributed by atoms with Crippen LogP contribution < -0.4 is 15.8 Å². The molecule has 0 radical (unpaired) electrons. The standard InChI is InChI=1S/C25H37N5O3/c1-4-29(5-2)21(17-20-9-7-6-8-10-20)18-26-23(31)12-11-22-19(3)27-25(28-24(22)32)30-13-15-33-16-14-30/h6-10,21H,4-5,11-18H2,1-3H3,(H,26,31)(H,27,28,32)/t21-/m1/s1. The van der Waals surface area contributed by atoms with Crippen molar-refractivity contribution in [3.05, 3.63) is 57.5 Å². The van der Waals surface area contributed by atoms with Crippen LogP contribution in [0.15, 0.2) is 35.1 Å². The largest absolute Gasteiger partial charge is 0.378 e. The van der Waals surface area contributed by atoms with Crippen molar-refractivity contribution in [2.75, 3.05) is 50.8 Å². The van der Waals surface area contributed by atoms with Gasteiger partial charge < -0.3 is 15.0 Å². The zero-order valence-electron chi connectivity index (χ0n) is 20.1. The second kappa shape index (κ2) is 12.5. The summed E-state index contributed by atoms with van der Waals surface area (Å²) in [5, 5.41) is 3.09. The Hall–Kier alpha value is -2.71. The van der Waals surface area contributed by atoms with Gasteiger partial charge in [0.15, 0.2) is 0 Å². The summed E-state index contributed by atoms with van der Waals surface area (Å²) in [6.45, 7) is 11.2. The molecule has 3 rings (SSSR count). The third-order valence-corrected chi connectivity index (χ3v) is 6.30. The minimum Gasteiger partial charge on any atom is -0.378 e. The molecule has 1 amide bonds. The van der Waals surface area contributed by atoms with Crippen molar-refractivity contribution in [2.24, 2.45) is 0 Å². The fourth-order valence-corrected chi connectivity index (χ4v) is 4.33. The van der Waals surface area contributed by atoms with Gasteiger partial charge in [-0.3, -0.25) is 19.5 Å². The van der Waals surface area contributed by atoms with Gasteiger partial charge in [-0.25, -0.2) is 4.98 Å². The number of carbonyl (C=O) groups is 1. The van der Waals surface area contributed by atoms with Crippen molar-refractivity contribution in [3.8, 4) is 0 Å². The van der Waals surface area contributed by atoms with Crippen molar-refractivity contribution in [1.29, 1.82) is 0 Å². The van der Waals surface area contributed by atoms with Gasteiger partial charge in [0.25, 0.3) is 5.56 Å². The number of aromatic amines is 1. The summed E-state index contributed by atoms with van der Waals surface area (Å²) < 4.78 is 5.36. The molecule has 1 atom stereocenters. The fourth-order valence-electron chi connectivity index (χ4n) is 4.33. The molecule has 2 aromatic rings. The molecule has 0 spiro atoms. The number of ether oxygens (including phenoxy) is 1. The number of likely N-dealkylation sites (N-methyl/N-ethyl adjacent to an activating group) is 1. The van der Waals surface area contributed by atoms with E-state index in [-0.39, 0.29) is 23.9 Å². The zero-order valence-corrected chi connectivity index (χ0v) is 20.1. The highest BCUT2D eigenvalue weighted by atomic mass is 16.5. The fraction of sp³-hybridized carbons (Fsp3) is 0.560. The normalized spacial score (nSPS) is 15.0. The van der Waals surface area contributed by atoms with Crippen LogP contribution in [0.1, 0.15) is 37.1 Å². The zero-order chi connectivity index (χ0) is 23.6. The maximum atomic E-state index is 12.7. The molecule has 0 bridgehead atoms. The number of nitrogens with zero attached hydrogens (tertiary/aromatic N) is 3. The van der Waals surface area contributed by atoms with Crippen LogP contribution in [0, 0.1) is 6.92 Å². The smallest absolute Gasteiger partial charge is 0.255 e. The van der Waals surface area contributed by atoms with E-state index in [2.05, 4.69) is 46.2 Å². The van der Waals surface area contributed by atoms with Gasteiger partial charge in [0.1, 0.15) is 0 Å². The number of rotatable bonds is 11. The summed E-state index contributed by atoms with van der Waals surface area (Å²) in [6.07, 6.45) is 1.52. The van der Waals surface area contributed by atoms with Crippen molar-refractivity contribution < 1.29 is 9.53 Å². The Bertz CT molecular complexity index is 937. The molecule has 2 heterocycles. The molecule has 180 valence electrons. The molecule has 2 N–H and O–H groups in total. The quantitative estimate of drug-likeness (QED) is 0.538. The van der Waals surface area contributed by atoms with Crippen LogP contribution in [-0.4, -0.2) is 72.8 Å². The summed E-state index contributed by atoms with van der Waals surface area (Å²) in [5.41, 5.74) is 2.35. The van der Waals surface area contributed by atoms with E-state index in [1.54, 1.807) is 0 Å². The summed E-state index contributed by atoms with van der Waals surface area (Å²) in [5.74, 6) is 0.535. The molecule has 1 aliphatic rings. The predicted octanol–water partition coefficient (Wildman–Crippen LogP) is 1.92. The van der Waals surface area contributed by atoms with Crippen LogP contribution in [0.3, 0.4) is 0 Å². The first-order valence-electron chi connectivity index (χ1n) is 12.0. The Labute approximate surface area is 196 Å². The number of amides is 1. The second-order valence-corrected chi connectivity index (χ2v) is 8.42. The van der Waals surface area contributed by atoms with Crippen LogP contribution in [0.25, 0.3) is 0 Å². The van der Waals surface area contributed by atoms with Crippen LogP contribution in [0.4, 0.5) is 5.95 Å². The van der Waals surface area contributed by atoms with E-state index >= 15 is 0 Å². The molecule has 0 aliphatic carbocycles. The number of carbonyl (C=O) groups excluding carboxylic acids is 1. The highest BCUT2D eigenvalue weighted by molar-refractivity contribution is 5.76. The average Bonchev–Trinajstić information content (AvgIpc) is 2.83. The molecule has 8 heteroatoms. The van der Waals surface area contributed by atoms with Gasteiger partial charge in [-0.15, -0.1) is 0 Å². The maximum Gasteiger partial charge on any atom is 0.255 e. The summed E-state index contributed by atoms with van der Waals surface area (Å²) in [4.78, 5) is 37.1. The lowest BCUT2D eigenvalue weighted by molar-refractivity contribution is -0.121. The third kappa shape index (κ3) is 7.14. The first-order chi connectivity index (χ1) is 16.0. The minimum atomic E-state index is -0.165. The number of hydrogen-bond donors (Lipinski definition) is 2. The van der Waals surface area contributed by atoms with Crippen LogP contribution in [0.2, 0.25) is 0 Å². The molecule has 0 saturated carbocycles. The van der Waals surface area contributed by atoms with Crippen LogP contribution in [-0.2, 0) is 22.4 Å². The second-order valence-electron chi connectivity index (χ2n) is 8.42. The van der Waals surface area contributed by atoms with Gasteiger partial charge in [0, 0.05) is 43.4 Å². The lowest BCUT2D eigenvalue weighted by Crippen LogP contribution is -2.45. The van der Waals surface area contributed by atoms with Crippen molar-refractivity contribution in [1.82, 2.24) is 20.2 Å². The molecule has 1 fully saturated rings. The van der Waals surface area contributed by atoms with Gasteiger partial charge in [-0.2, -0.15) is 0 Å². The monoisotopic (exact) mass is 455 g/mol. The molecule has 1 saturated heterocycles. The molecule has 33 heavy (non-hydrogen) atoms. The van der Waals surface area contributed by atoms with E-state index in [0.29, 0.717) is 56.5 Å². The molecular formula is C25H37N5O3. The van der Waals surface area contributed by atoms with E-state index in [9.17, 15) is 9.59 Å². The summed E-state index contributed by atoms with van der Waals surface area (Å²) in [6, 6.07) is 10.6. The number of nitrogens with one attached hydrogen (secondary N) is 2. The number of morpholine rings is 1. The van der Waals surface area contributed by atoms with Gasteiger partial charge in [0.05, 0.1) is 13.2 Å². The molecule has 1 aliphatic heterocycles. The van der Waals surface area contributed by atoms with E-state index < -0.39 is 0 Å². The Morgan fingerprint density at radius 1 is 1.21 bits per heavy atom. The van der Waals surface area contributed by atoms with E-state index in [1.165, 1.54) is 5.56 Å². The minimum absolute atomic E-state index is 0.0451. The number of benzene rings is 1. The molecule has 1 aromatic carbocycles. The highest BCUT2D eigenvalue weighted by Crippen LogP contribution is 2.12. The van der Waals surface area contributed by atoms with Crippen LogP contribution in [0.5, 0.6) is 0 Å². The SMILES string of the molecule is CCN(CC)[C@@H](CNC(=O)CCc1c(C)nc(N2CCOCC2)[nH]c1=O)Cc1ccccc1. The van der Waals surface area contributed by atoms with Crippen molar-refractivity contribution in [3.63, 3.8) is 0 Å². The average molecular weight is 456 g/mol. The highest BCUT2D eigenvalue weighted by Gasteiger charge is 2.19. The third-order valence-electron chi connectivity index (χ3n) is 6.30. The van der Waals surface area contributed by atoms with Crippen molar-refractivity contribution in [2.45, 2.75) is 46.1 Å². The molecule has 0 unspecified atom stereocenters. The Kier molecular flexibility index (Phi) is 9.45. The van der Waals surface area contributed by atoms with E-state index in [4.69, 9.17) is 4.74 Å². The van der Waals surface area contributed by atoms with Crippen LogP contribution >= 0.6 is 0 Å². The summed E-state index contributed by atoms with van der Waals surface area (Å²) in [7, 11) is 0. The van der Waals surface area contributed by atoms with E-state index in [0.717, 1.165) is 19.5 Å². The Morgan fingerprint density at radius 3 is 2.55 bits per heavy atom. The number of hydrogen-bond acceptors (Lipinski definition) is 6. The van der Waals surface area contributed by atoms with E-state index in [1.807, 2.05) is 30.0 Å². The molecule has 1 aromatic heterocycles. The number of aromatic nitrogens is 2. The maximum absolute atomic E-state index is 12.7. The first kappa shape index (κ1) is 24.9. The number of H-pyrrole nitrogens is 1. The predicted molar refractivity (Wildman–Crippen MR) is 131 cm³/mol. The van der Waals surface area contributed by atoms with Gasteiger partial charge in [0.2, 0.25) is 11.9 Å². The lowest BCUT2D eigenvalue weighted by Gasteiger charge is -2.30. The first-order valence-corrected chi connectivity index (χ1v) is 12.0.